The van der Waals surface area contributed by atoms with E-state index in [9.17, 15) is 0 Å². The first-order valence-corrected chi connectivity index (χ1v) is 5.85. The van der Waals surface area contributed by atoms with Gasteiger partial charge in [-0.05, 0) is 25.6 Å². The van der Waals surface area contributed by atoms with Crippen molar-refractivity contribution in [2.24, 2.45) is 10.9 Å². The summed E-state index contributed by atoms with van der Waals surface area (Å²) in [5.74, 6) is 0.129. The Kier molecular flexibility index (Phi) is 5.61. The summed E-state index contributed by atoms with van der Waals surface area (Å²) in [5, 5.41) is 11.6. The maximum absolute atomic E-state index is 8.65. The number of nitrogens with two attached hydrogens (primary N) is 1. The Labute approximate surface area is 108 Å². The number of oxime groups is 1. The highest BCUT2D eigenvalue weighted by molar-refractivity contribution is 5.97. The zero-order valence-electron chi connectivity index (χ0n) is 11.1. The fourth-order valence-electron chi connectivity index (χ4n) is 1.78. The highest BCUT2D eigenvalue weighted by atomic mass is 16.5. The highest BCUT2D eigenvalue weighted by Gasteiger charge is 2.07. The van der Waals surface area contributed by atoms with Gasteiger partial charge in [0.25, 0.3) is 0 Å². The molecular formula is C13H21N3O2. The SMILES string of the molecule is COC(C)CN(C)Cc1cccc(/C(N)=N/O)c1. The number of hydrogen-bond acceptors (Lipinski definition) is 4. The van der Waals surface area contributed by atoms with E-state index >= 15 is 0 Å². The lowest BCUT2D eigenvalue weighted by Crippen LogP contribution is -2.28. The van der Waals surface area contributed by atoms with Gasteiger partial charge in [0, 0.05) is 25.8 Å². The van der Waals surface area contributed by atoms with E-state index in [0.29, 0.717) is 0 Å². The molecule has 100 valence electrons. The van der Waals surface area contributed by atoms with Gasteiger partial charge in [0.15, 0.2) is 5.84 Å². The molecule has 0 aromatic heterocycles. The molecule has 3 N–H and O–H groups in total. The summed E-state index contributed by atoms with van der Waals surface area (Å²) in [7, 11) is 3.74. The van der Waals surface area contributed by atoms with Gasteiger partial charge in [-0.25, -0.2) is 0 Å². The molecule has 0 amide bonds. The maximum atomic E-state index is 8.65. The van der Waals surface area contributed by atoms with Crippen LogP contribution in [-0.4, -0.2) is 42.7 Å². The van der Waals surface area contributed by atoms with Crippen LogP contribution in [0.5, 0.6) is 0 Å². The number of hydrogen-bond donors (Lipinski definition) is 2. The number of likely N-dealkylation sites (N-methyl/N-ethyl adjacent to an activating group) is 1. The van der Waals surface area contributed by atoms with Crippen LogP contribution in [0.1, 0.15) is 18.1 Å². The molecule has 0 radical (unpaired) electrons. The molecule has 0 aliphatic carbocycles. The molecule has 0 bridgehead atoms. The number of rotatable bonds is 6. The van der Waals surface area contributed by atoms with Crippen LogP contribution in [0.3, 0.4) is 0 Å². The molecule has 0 fully saturated rings. The summed E-state index contributed by atoms with van der Waals surface area (Å²) in [6.45, 7) is 3.67. The molecule has 1 atom stereocenters. The monoisotopic (exact) mass is 251 g/mol. The molecule has 0 heterocycles. The highest BCUT2D eigenvalue weighted by Crippen LogP contribution is 2.08. The molecule has 1 rings (SSSR count). The van der Waals surface area contributed by atoms with Crippen molar-refractivity contribution in [3.63, 3.8) is 0 Å². The van der Waals surface area contributed by atoms with Gasteiger partial charge >= 0.3 is 0 Å². The third kappa shape index (κ3) is 4.35. The van der Waals surface area contributed by atoms with Crippen molar-refractivity contribution in [3.05, 3.63) is 35.4 Å². The van der Waals surface area contributed by atoms with Crippen molar-refractivity contribution in [3.8, 4) is 0 Å². The number of amidine groups is 1. The third-order valence-corrected chi connectivity index (χ3v) is 2.75. The molecule has 0 saturated heterocycles. The van der Waals surface area contributed by atoms with Crippen LogP contribution >= 0.6 is 0 Å². The molecule has 0 saturated carbocycles. The molecule has 5 nitrogen and oxygen atoms in total. The number of nitrogens with zero attached hydrogens (tertiary/aromatic N) is 2. The second kappa shape index (κ2) is 6.98. The minimum Gasteiger partial charge on any atom is -0.409 e. The molecular weight excluding hydrogens is 230 g/mol. The van der Waals surface area contributed by atoms with Crippen molar-refractivity contribution in [2.45, 2.75) is 19.6 Å². The van der Waals surface area contributed by atoms with Crippen molar-refractivity contribution in [1.82, 2.24) is 4.90 Å². The Bertz CT molecular complexity index is 407. The van der Waals surface area contributed by atoms with Gasteiger partial charge in [0.05, 0.1) is 6.10 Å². The second-order valence-electron chi connectivity index (χ2n) is 4.43. The normalized spacial score (nSPS) is 13.9. The maximum Gasteiger partial charge on any atom is 0.170 e. The molecule has 0 aliphatic heterocycles. The molecule has 18 heavy (non-hydrogen) atoms. The van der Waals surface area contributed by atoms with Crippen LogP contribution in [0.4, 0.5) is 0 Å². The minimum atomic E-state index is 0.129. The van der Waals surface area contributed by atoms with Crippen molar-refractivity contribution in [1.29, 1.82) is 0 Å². The van der Waals surface area contributed by atoms with Gasteiger partial charge in [-0.3, -0.25) is 4.90 Å². The fourth-order valence-corrected chi connectivity index (χ4v) is 1.78. The molecule has 5 heteroatoms. The minimum absolute atomic E-state index is 0.129. The number of methoxy groups -OCH3 is 1. The first-order chi connectivity index (χ1) is 8.56. The third-order valence-electron chi connectivity index (χ3n) is 2.75. The van der Waals surface area contributed by atoms with Gasteiger partial charge < -0.3 is 15.7 Å². The summed E-state index contributed by atoms with van der Waals surface area (Å²) in [6, 6.07) is 7.65. The predicted molar refractivity (Wildman–Crippen MR) is 71.8 cm³/mol. The Hall–Kier alpha value is -1.59. The van der Waals surface area contributed by atoms with E-state index in [1.165, 1.54) is 0 Å². The van der Waals surface area contributed by atoms with E-state index in [-0.39, 0.29) is 11.9 Å². The van der Waals surface area contributed by atoms with Crippen LogP contribution in [0.2, 0.25) is 0 Å². The van der Waals surface area contributed by atoms with E-state index in [0.717, 1.165) is 24.2 Å². The summed E-state index contributed by atoms with van der Waals surface area (Å²) in [5.41, 5.74) is 7.40. The van der Waals surface area contributed by atoms with E-state index in [4.69, 9.17) is 15.7 Å². The first kappa shape index (κ1) is 14.5. The van der Waals surface area contributed by atoms with Gasteiger partial charge in [-0.2, -0.15) is 0 Å². The zero-order chi connectivity index (χ0) is 13.5. The zero-order valence-corrected chi connectivity index (χ0v) is 11.1. The van der Waals surface area contributed by atoms with Gasteiger partial charge in [-0.15, -0.1) is 0 Å². The van der Waals surface area contributed by atoms with E-state index < -0.39 is 0 Å². The summed E-state index contributed by atoms with van der Waals surface area (Å²) < 4.78 is 5.22. The molecule has 1 aromatic carbocycles. The van der Waals surface area contributed by atoms with Crippen molar-refractivity contribution >= 4 is 5.84 Å². The lowest BCUT2D eigenvalue weighted by molar-refractivity contribution is 0.0837. The van der Waals surface area contributed by atoms with E-state index in [2.05, 4.69) is 10.1 Å². The fraction of sp³-hybridized carbons (Fsp3) is 0.462. The average Bonchev–Trinajstić information content (AvgIpc) is 2.37. The van der Waals surface area contributed by atoms with Crippen LogP contribution in [0.15, 0.2) is 29.4 Å². The number of ether oxygens (including phenoxy) is 1. The van der Waals surface area contributed by atoms with Crippen LogP contribution in [0, 0.1) is 0 Å². The van der Waals surface area contributed by atoms with E-state index in [1.54, 1.807) is 7.11 Å². The van der Waals surface area contributed by atoms with Gasteiger partial charge in [0.2, 0.25) is 0 Å². The second-order valence-corrected chi connectivity index (χ2v) is 4.43. The van der Waals surface area contributed by atoms with Crippen LogP contribution < -0.4 is 5.73 Å². The topological polar surface area (TPSA) is 71.1 Å². The van der Waals surface area contributed by atoms with Crippen molar-refractivity contribution < 1.29 is 9.94 Å². The Balaban J connectivity index is 2.67. The number of benzene rings is 1. The Morgan fingerprint density at radius 2 is 2.28 bits per heavy atom. The van der Waals surface area contributed by atoms with Gasteiger partial charge in [0.1, 0.15) is 0 Å². The molecule has 0 aliphatic rings. The smallest absolute Gasteiger partial charge is 0.170 e. The van der Waals surface area contributed by atoms with Crippen LogP contribution in [-0.2, 0) is 11.3 Å². The Morgan fingerprint density at radius 3 is 2.89 bits per heavy atom. The summed E-state index contributed by atoms with van der Waals surface area (Å²) in [4.78, 5) is 2.17. The Morgan fingerprint density at radius 1 is 1.56 bits per heavy atom. The molecule has 1 unspecified atom stereocenters. The lowest BCUT2D eigenvalue weighted by atomic mass is 10.1. The molecule has 0 spiro atoms. The summed E-state index contributed by atoms with van der Waals surface area (Å²) in [6.07, 6.45) is 0.197. The standard InChI is InChI=1S/C13H21N3O2/c1-10(18-3)8-16(2)9-11-5-4-6-12(7-11)13(14)15-17/h4-7,10,17H,8-9H2,1-3H3,(H2,14,15). The quantitative estimate of drug-likeness (QED) is 0.345. The predicted octanol–water partition coefficient (Wildman–Crippen LogP) is 1.25. The summed E-state index contributed by atoms with van der Waals surface area (Å²) >= 11 is 0. The molecule has 1 aromatic rings. The largest absolute Gasteiger partial charge is 0.409 e. The first-order valence-electron chi connectivity index (χ1n) is 5.85. The van der Waals surface area contributed by atoms with Crippen molar-refractivity contribution in [2.75, 3.05) is 20.7 Å². The van der Waals surface area contributed by atoms with E-state index in [1.807, 2.05) is 38.2 Å². The average molecular weight is 251 g/mol. The van der Waals surface area contributed by atoms with Crippen LogP contribution in [0.25, 0.3) is 0 Å². The van der Waals surface area contributed by atoms with Gasteiger partial charge in [-0.1, -0.05) is 23.4 Å². The lowest BCUT2D eigenvalue weighted by Gasteiger charge is -2.20.